The summed E-state index contributed by atoms with van der Waals surface area (Å²) in [4.78, 5) is 26.6. The molecule has 0 fully saturated rings. The van der Waals surface area contributed by atoms with Gasteiger partial charge in [-0.1, -0.05) is 0 Å². The Morgan fingerprint density at radius 1 is 1.00 bits per heavy atom. The molecule has 8 heteroatoms. The predicted octanol–water partition coefficient (Wildman–Crippen LogP) is 0.592. The third-order valence-electron chi connectivity index (χ3n) is 2.41. The predicted molar refractivity (Wildman–Crippen MR) is 91.5 cm³/mol. The van der Waals surface area contributed by atoms with Crippen LogP contribution in [0.2, 0.25) is 0 Å². The van der Waals surface area contributed by atoms with Crippen LogP contribution in [0.25, 0.3) is 0 Å². The first kappa shape index (κ1) is 21.0. The van der Waals surface area contributed by atoms with Crippen molar-refractivity contribution < 1.29 is 14.3 Å². The number of rotatable bonds is 8. The first-order chi connectivity index (χ1) is 10.7. The lowest BCUT2D eigenvalue weighted by Crippen LogP contribution is -2.41. The van der Waals surface area contributed by atoms with Crippen LogP contribution in [0.1, 0.15) is 41.0 Å². The summed E-state index contributed by atoms with van der Waals surface area (Å²) >= 11 is 0. The van der Waals surface area contributed by atoms with Gasteiger partial charge >= 0.3 is 6.09 Å². The largest absolute Gasteiger partial charge is 0.444 e. The molecular weight excluding hydrogens is 298 g/mol. The van der Waals surface area contributed by atoms with Gasteiger partial charge in [-0.05, 0) is 34.1 Å². The summed E-state index contributed by atoms with van der Waals surface area (Å²) in [6, 6.07) is 0. The average Bonchev–Trinajstić information content (AvgIpc) is 2.40. The van der Waals surface area contributed by atoms with Crippen LogP contribution in [0, 0.1) is 0 Å². The van der Waals surface area contributed by atoms with E-state index in [1.165, 1.54) is 6.92 Å². The van der Waals surface area contributed by atoms with Crippen molar-refractivity contribution in [1.82, 2.24) is 21.3 Å². The molecule has 0 bridgehead atoms. The van der Waals surface area contributed by atoms with E-state index in [1.54, 1.807) is 0 Å². The Morgan fingerprint density at radius 2 is 1.65 bits per heavy atom. The number of nitrogens with one attached hydrogen (secondary N) is 4. The number of aliphatic imine (C=N–C) groups is 1. The molecule has 0 radical (unpaired) electrons. The first-order valence-corrected chi connectivity index (χ1v) is 7.98. The molecule has 23 heavy (non-hydrogen) atoms. The Labute approximate surface area is 138 Å². The maximum atomic E-state index is 11.5. The Balaban J connectivity index is 3.92. The third kappa shape index (κ3) is 14.7. The second kappa shape index (κ2) is 11.6. The summed E-state index contributed by atoms with van der Waals surface area (Å²) in [5.41, 5.74) is -0.488. The molecule has 0 spiro atoms. The number of alkyl carbamates (subject to hydrolysis) is 1. The van der Waals surface area contributed by atoms with Gasteiger partial charge in [-0.25, -0.2) is 4.79 Å². The van der Waals surface area contributed by atoms with Gasteiger partial charge in [0.05, 0.1) is 0 Å². The van der Waals surface area contributed by atoms with Crippen molar-refractivity contribution in [2.45, 2.75) is 46.6 Å². The maximum absolute atomic E-state index is 11.5. The minimum atomic E-state index is -0.488. The highest BCUT2D eigenvalue weighted by Crippen LogP contribution is 2.06. The molecule has 0 aromatic heterocycles. The van der Waals surface area contributed by atoms with Crippen molar-refractivity contribution in [1.29, 1.82) is 0 Å². The van der Waals surface area contributed by atoms with E-state index in [1.807, 2.05) is 27.7 Å². The first-order valence-electron chi connectivity index (χ1n) is 7.98. The summed E-state index contributed by atoms with van der Waals surface area (Å²) in [6.07, 6.45) is 0.295. The van der Waals surface area contributed by atoms with Gasteiger partial charge in [-0.2, -0.15) is 0 Å². The summed E-state index contributed by atoms with van der Waals surface area (Å²) in [6.45, 7) is 11.9. The molecule has 0 rings (SSSR count). The lowest BCUT2D eigenvalue weighted by Gasteiger charge is -2.19. The van der Waals surface area contributed by atoms with Gasteiger partial charge in [0.15, 0.2) is 5.96 Å². The number of ether oxygens (including phenoxy) is 1. The van der Waals surface area contributed by atoms with E-state index in [0.29, 0.717) is 38.6 Å². The lowest BCUT2D eigenvalue weighted by molar-refractivity contribution is -0.118. The molecule has 0 atom stereocenters. The zero-order valence-corrected chi connectivity index (χ0v) is 14.9. The van der Waals surface area contributed by atoms with Crippen LogP contribution in [0.3, 0.4) is 0 Å². The quantitative estimate of drug-likeness (QED) is 0.296. The zero-order chi connectivity index (χ0) is 17.7. The molecule has 0 aliphatic rings. The molecule has 8 nitrogen and oxygen atoms in total. The third-order valence-corrected chi connectivity index (χ3v) is 2.41. The Hall–Kier alpha value is -1.99. The monoisotopic (exact) mass is 329 g/mol. The molecule has 0 heterocycles. The van der Waals surface area contributed by atoms with Gasteiger partial charge in [0.1, 0.15) is 5.60 Å². The molecule has 0 aromatic rings. The molecule has 0 aliphatic carbocycles. The second-order valence-corrected chi connectivity index (χ2v) is 5.95. The van der Waals surface area contributed by atoms with Gasteiger partial charge in [0, 0.05) is 39.6 Å². The summed E-state index contributed by atoms with van der Waals surface area (Å²) in [5.74, 6) is 0.636. The van der Waals surface area contributed by atoms with Crippen LogP contribution < -0.4 is 21.3 Å². The van der Waals surface area contributed by atoms with E-state index in [4.69, 9.17) is 4.74 Å². The van der Waals surface area contributed by atoms with E-state index in [9.17, 15) is 9.59 Å². The molecule has 2 amide bonds. The normalized spacial score (nSPS) is 11.6. The van der Waals surface area contributed by atoms with E-state index in [0.717, 1.165) is 6.54 Å². The van der Waals surface area contributed by atoms with E-state index < -0.39 is 11.7 Å². The van der Waals surface area contributed by atoms with Crippen molar-refractivity contribution in [2.24, 2.45) is 4.99 Å². The minimum absolute atomic E-state index is 0.0537. The second-order valence-electron chi connectivity index (χ2n) is 5.95. The van der Waals surface area contributed by atoms with Crippen LogP contribution in [0.4, 0.5) is 4.79 Å². The molecular formula is C15H31N5O3. The average molecular weight is 329 g/mol. The molecule has 4 N–H and O–H groups in total. The molecule has 0 saturated carbocycles. The van der Waals surface area contributed by atoms with Gasteiger partial charge in [0.25, 0.3) is 0 Å². The Morgan fingerprint density at radius 3 is 2.22 bits per heavy atom. The summed E-state index contributed by atoms with van der Waals surface area (Å²) < 4.78 is 5.14. The molecule has 0 unspecified atom stereocenters. The molecule has 0 aliphatic heterocycles. The fraction of sp³-hybridized carbons (Fsp3) is 0.800. The van der Waals surface area contributed by atoms with Crippen LogP contribution in [-0.2, 0) is 9.53 Å². The fourth-order valence-electron chi connectivity index (χ4n) is 1.54. The highest BCUT2D eigenvalue weighted by molar-refractivity contribution is 5.79. The van der Waals surface area contributed by atoms with E-state index >= 15 is 0 Å². The van der Waals surface area contributed by atoms with Gasteiger partial charge < -0.3 is 26.0 Å². The zero-order valence-electron chi connectivity index (χ0n) is 14.9. The van der Waals surface area contributed by atoms with Gasteiger partial charge in [-0.15, -0.1) is 0 Å². The smallest absolute Gasteiger partial charge is 0.407 e. The molecule has 134 valence electrons. The summed E-state index contributed by atoms with van der Waals surface area (Å²) in [7, 11) is 0. The fourth-order valence-corrected chi connectivity index (χ4v) is 1.54. The van der Waals surface area contributed by atoms with E-state index in [2.05, 4.69) is 26.3 Å². The number of carbonyl (C=O) groups excluding carboxylic acids is 2. The number of nitrogens with zero attached hydrogens (tertiary/aromatic N) is 1. The summed E-state index contributed by atoms with van der Waals surface area (Å²) in [5, 5.41) is 11.6. The number of guanidine groups is 1. The van der Waals surface area contributed by atoms with Gasteiger partial charge in [-0.3, -0.25) is 9.79 Å². The van der Waals surface area contributed by atoms with Crippen molar-refractivity contribution in [3.63, 3.8) is 0 Å². The SMILES string of the molecule is CCNC(=NCCCNC(=O)OC(C)(C)C)NCCNC(C)=O. The van der Waals surface area contributed by atoms with Crippen LogP contribution >= 0.6 is 0 Å². The topological polar surface area (TPSA) is 104 Å². The molecule has 0 aromatic carbocycles. The lowest BCUT2D eigenvalue weighted by atomic mass is 10.2. The minimum Gasteiger partial charge on any atom is -0.444 e. The molecule has 0 saturated heterocycles. The standard InChI is InChI=1S/C15H31N5O3/c1-6-16-13(19-11-10-17-12(2)21)18-8-7-9-20-14(22)23-15(3,4)5/h6-11H2,1-5H3,(H,17,21)(H,20,22)(H2,16,18,19). The Bertz CT molecular complexity index is 391. The van der Waals surface area contributed by atoms with Crippen LogP contribution in [0.5, 0.6) is 0 Å². The van der Waals surface area contributed by atoms with Crippen molar-refractivity contribution >= 4 is 18.0 Å². The van der Waals surface area contributed by atoms with Gasteiger partial charge in [0.2, 0.25) is 5.91 Å². The highest BCUT2D eigenvalue weighted by atomic mass is 16.6. The van der Waals surface area contributed by atoms with Crippen LogP contribution in [0.15, 0.2) is 4.99 Å². The maximum Gasteiger partial charge on any atom is 0.407 e. The van der Waals surface area contributed by atoms with Crippen molar-refractivity contribution in [3.05, 3.63) is 0 Å². The Kier molecular flexibility index (Phi) is 10.6. The van der Waals surface area contributed by atoms with Crippen molar-refractivity contribution in [3.8, 4) is 0 Å². The number of hydrogen-bond donors (Lipinski definition) is 4. The number of amides is 2. The van der Waals surface area contributed by atoms with Crippen molar-refractivity contribution in [2.75, 3.05) is 32.7 Å². The number of hydrogen-bond acceptors (Lipinski definition) is 4. The van der Waals surface area contributed by atoms with E-state index in [-0.39, 0.29) is 5.91 Å². The number of carbonyl (C=O) groups is 2. The van der Waals surface area contributed by atoms with Crippen LogP contribution in [-0.4, -0.2) is 56.3 Å². The highest BCUT2D eigenvalue weighted by Gasteiger charge is 2.15.